The second-order valence-electron chi connectivity index (χ2n) is 7.80. The van der Waals surface area contributed by atoms with E-state index < -0.39 is 18.1 Å². The number of anilines is 5. The first-order chi connectivity index (χ1) is 18.7. The second-order valence-corrected chi connectivity index (χ2v) is 8.21. The van der Waals surface area contributed by atoms with E-state index in [4.69, 9.17) is 16.3 Å². The van der Waals surface area contributed by atoms with Gasteiger partial charge in [0, 0.05) is 42.4 Å². The van der Waals surface area contributed by atoms with Crippen molar-refractivity contribution in [2.45, 2.75) is 12.9 Å². The lowest BCUT2D eigenvalue weighted by Crippen LogP contribution is -2.28. The summed E-state index contributed by atoms with van der Waals surface area (Å²) in [6.45, 7) is 0.306. The molecule has 0 aliphatic rings. The van der Waals surface area contributed by atoms with Gasteiger partial charge < -0.3 is 30.7 Å². The van der Waals surface area contributed by atoms with E-state index in [0.29, 0.717) is 23.7 Å². The summed E-state index contributed by atoms with van der Waals surface area (Å²) < 4.78 is 47.0. The summed E-state index contributed by atoms with van der Waals surface area (Å²) in [6.07, 6.45) is -0.197. The normalized spacial score (nSPS) is 10.9. The SMILES string of the molecule is COc1cc(NC(=O)NCc2cccnc2)ccc1Nc1ncc(Cl)c(Nc2cccc(OC(F)(F)F)c2)n1. The molecular weight excluding hydrogens is 539 g/mol. The van der Waals surface area contributed by atoms with E-state index in [2.05, 4.69) is 41.0 Å². The topological polar surface area (TPSA) is 122 Å². The molecule has 10 nitrogen and oxygen atoms in total. The molecular formula is C25H21ClF3N7O3. The van der Waals surface area contributed by atoms with Gasteiger partial charge in [0.05, 0.1) is 19.0 Å². The van der Waals surface area contributed by atoms with Crippen molar-refractivity contribution in [3.8, 4) is 11.5 Å². The van der Waals surface area contributed by atoms with Gasteiger partial charge >= 0.3 is 12.4 Å². The molecule has 0 atom stereocenters. The Morgan fingerprint density at radius 3 is 2.62 bits per heavy atom. The van der Waals surface area contributed by atoms with Gasteiger partial charge in [-0.05, 0) is 35.9 Å². The highest BCUT2D eigenvalue weighted by atomic mass is 35.5. The Morgan fingerprint density at radius 1 is 1.03 bits per heavy atom. The molecule has 2 aromatic carbocycles. The Hall–Kier alpha value is -4.78. The number of carbonyl (C=O) groups is 1. The van der Waals surface area contributed by atoms with Crippen LogP contribution in [0.3, 0.4) is 0 Å². The van der Waals surface area contributed by atoms with Crippen LogP contribution in [0.1, 0.15) is 5.56 Å². The molecule has 2 heterocycles. The van der Waals surface area contributed by atoms with Crippen molar-refractivity contribution in [1.29, 1.82) is 0 Å². The number of hydrogen-bond donors (Lipinski definition) is 4. The molecule has 0 radical (unpaired) electrons. The van der Waals surface area contributed by atoms with Gasteiger partial charge in [-0.3, -0.25) is 4.98 Å². The predicted molar refractivity (Wildman–Crippen MR) is 140 cm³/mol. The fourth-order valence-corrected chi connectivity index (χ4v) is 3.41. The number of nitrogens with one attached hydrogen (secondary N) is 4. The van der Waals surface area contributed by atoms with Crippen molar-refractivity contribution in [1.82, 2.24) is 20.3 Å². The van der Waals surface area contributed by atoms with Crippen molar-refractivity contribution in [3.05, 3.63) is 83.8 Å². The van der Waals surface area contributed by atoms with Gasteiger partial charge in [-0.1, -0.05) is 23.7 Å². The monoisotopic (exact) mass is 559 g/mol. The molecule has 0 aliphatic heterocycles. The first-order valence-corrected chi connectivity index (χ1v) is 11.6. The van der Waals surface area contributed by atoms with Gasteiger partial charge in [0.25, 0.3) is 0 Å². The van der Waals surface area contributed by atoms with E-state index in [1.165, 1.54) is 31.5 Å². The Morgan fingerprint density at radius 2 is 1.87 bits per heavy atom. The summed E-state index contributed by atoms with van der Waals surface area (Å²) in [6, 6.07) is 13.3. The number of carbonyl (C=O) groups excluding carboxylic acids is 1. The number of nitrogens with zero attached hydrogens (tertiary/aromatic N) is 3. The van der Waals surface area contributed by atoms with Crippen LogP contribution in [-0.2, 0) is 6.54 Å². The van der Waals surface area contributed by atoms with Gasteiger partial charge in [-0.25, -0.2) is 9.78 Å². The average molecular weight is 560 g/mol. The predicted octanol–water partition coefficient (Wildman–Crippen LogP) is 6.24. The van der Waals surface area contributed by atoms with E-state index in [9.17, 15) is 18.0 Å². The van der Waals surface area contributed by atoms with Crippen LogP contribution >= 0.6 is 11.6 Å². The fourth-order valence-electron chi connectivity index (χ4n) is 3.28. The molecule has 2 aromatic heterocycles. The molecule has 0 fully saturated rings. The molecule has 202 valence electrons. The molecule has 4 aromatic rings. The van der Waals surface area contributed by atoms with Crippen molar-refractivity contribution in [2.75, 3.05) is 23.1 Å². The van der Waals surface area contributed by atoms with Crippen molar-refractivity contribution >= 4 is 46.5 Å². The van der Waals surface area contributed by atoms with Crippen LogP contribution < -0.4 is 30.7 Å². The third kappa shape index (κ3) is 8.10. The first-order valence-electron chi connectivity index (χ1n) is 11.2. The lowest BCUT2D eigenvalue weighted by atomic mass is 10.2. The maximum Gasteiger partial charge on any atom is 0.573 e. The smallest absolute Gasteiger partial charge is 0.494 e. The lowest BCUT2D eigenvalue weighted by Gasteiger charge is -2.14. The van der Waals surface area contributed by atoms with Crippen LogP contribution in [0, 0.1) is 0 Å². The molecule has 0 bridgehead atoms. The molecule has 0 aliphatic carbocycles. The summed E-state index contributed by atoms with van der Waals surface area (Å²) in [4.78, 5) is 24.7. The van der Waals surface area contributed by atoms with Crippen LogP contribution in [0.4, 0.5) is 46.8 Å². The molecule has 0 saturated carbocycles. The summed E-state index contributed by atoms with van der Waals surface area (Å²) in [5, 5.41) is 11.4. The van der Waals surface area contributed by atoms with Gasteiger partial charge in [-0.15, -0.1) is 13.2 Å². The van der Waals surface area contributed by atoms with Crippen molar-refractivity contribution in [2.24, 2.45) is 0 Å². The molecule has 4 N–H and O–H groups in total. The Labute approximate surface area is 225 Å². The lowest BCUT2D eigenvalue weighted by molar-refractivity contribution is -0.274. The zero-order chi connectivity index (χ0) is 27.8. The number of amides is 2. The molecule has 4 rings (SSSR count). The zero-order valence-electron chi connectivity index (χ0n) is 20.2. The van der Waals surface area contributed by atoms with Gasteiger partial charge in [0.15, 0.2) is 5.82 Å². The Balaban J connectivity index is 1.43. The zero-order valence-corrected chi connectivity index (χ0v) is 21.0. The quantitative estimate of drug-likeness (QED) is 0.190. The van der Waals surface area contributed by atoms with Crippen LogP contribution in [0.25, 0.3) is 0 Å². The molecule has 0 spiro atoms. The number of halogens is 4. The Kier molecular flexibility index (Phi) is 8.51. The minimum Gasteiger partial charge on any atom is -0.494 e. The molecule has 0 unspecified atom stereocenters. The summed E-state index contributed by atoms with van der Waals surface area (Å²) in [5.41, 5.74) is 2.07. The number of alkyl halides is 3. The van der Waals surface area contributed by atoms with E-state index >= 15 is 0 Å². The number of urea groups is 1. The highest BCUT2D eigenvalue weighted by Crippen LogP contribution is 2.32. The number of methoxy groups -OCH3 is 1. The molecule has 2 amide bonds. The Bertz CT molecular complexity index is 1440. The third-order valence-corrected chi connectivity index (χ3v) is 5.23. The van der Waals surface area contributed by atoms with Gasteiger partial charge in [-0.2, -0.15) is 4.98 Å². The summed E-state index contributed by atoms with van der Waals surface area (Å²) in [7, 11) is 1.46. The second kappa shape index (κ2) is 12.2. The summed E-state index contributed by atoms with van der Waals surface area (Å²) >= 11 is 6.19. The number of hydrogen-bond acceptors (Lipinski definition) is 8. The number of aromatic nitrogens is 3. The maximum atomic E-state index is 12.5. The minimum absolute atomic E-state index is 0.123. The van der Waals surface area contributed by atoms with Crippen LogP contribution in [0.5, 0.6) is 11.5 Å². The van der Waals surface area contributed by atoms with Crippen molar-refractivity contribution in [3.63, 3.8) is 0 Å². The van der Waals surface area contributed by atoms with Gasteiger partial charge in [0.2, 0.25) is 5.95 Å². The summed E-state index contributed by atoms with van der Waals surface area (Å²) in [5.74, 6) is 0.240. The third-order valence-electron chi connectivity index (χ3n) is 4.96. The highest BCUT2D eigenvalue weighted by Gasteiger charge is 2.31. The van der Waals surface area contributed by atoms with E-state index in [1.54, 1.807) is 36.7 Å². The standard InChI is InChI=1S/C25H21ClF3N7O3/c1-38-21-11-17(34-24(37)32-13-15-4-3-9-30-12-15)7-8-20(21)35-23-31-14-19(26)22(36-23)33-16-5-2-6-18(10-16)39-25(27,28)29/h2-12,14H,13H2,1H3,(H2,32,34,37)(H2,31,33,35,36). The van der Waals surface area contributed by atoms with Gasteiger partial charge in [0.1, 0.15) is 16.5 Å². The average Bonchev–Trinajstić information content (AvgIpc) is 2.90. The van der Waals surface area contributed by atoms with Crippen LogP contribution in [0.2, 0.25) is 5.02 Å². The van der Waals surface area contributed by atoms with E-state index in [0.717, 1.165) is 11.6 Å². The van der Waals surface area contributed by atoms with E-state index in [-0.39, 0.29) is 22.5 Å². The minimum atomic E-state index is -4.82. The highest BCUT2D eigenvalue weighted by molar-refractivity contribution is 6.32. The fraction of sp³-hybridized carbons (Fsp3) is 0.120. The largest absolute Gasteiger partial charge is 0.573 e. The number of pyridine rings is 1. The molecule has 39 heavy (non-hydrogen) atoms. The van der Waals surface area contributed by atoms with E-state index in [1.807, 2.05) is 6.07 Å². The van der Waals surface area contributed by atoms with Crippen LogP contribution in [-0.4, -0.2) is 34.5 Å². The number of rotatable bonds is 9. The number of benzene rings is 2. The van der Waals surface area contributed by atoms with Crippen LogP contribution in [0.15, 0.2) is 73.2 Å². The molecule has 14 heteroatoms. The maximum absolute atomic E-state index is 12.5. The number of ether oxygens (including phenoxy) is 2. The van der Waals surface area contributed by atoms with Crippen molar-refractivity contribution < 1.29 is 27.4 Å². The first kappa shape index (κ1) is 27.3. The molecule has 0 saturated heterocycles.